The van der Waals surface area contributed by atoms with Crippen molar-refractivity contribution in [2.75, 3.05) is 24.7 Å². The molecule has 112 valence electrons. The predicted octanol–water partition coefficient (Wildman–Crippen LogP) is 3.02. The smallest absolute Gasteiger partial charge is 0.122 e. The second kappa shape index (κ2) is 5.52. The topological polar surface area (TPSA) is 67.5 Å². The first-order valence-corrected chi connectivity index (χ1v) is 7.23. The van der Waals surface area contributed by atoms with Crippen LogP contribution in [0.3, 0.4) is 0 Å². The van der Waals surface area contributed by atoms with Gasteiger partial charge in [-0.2, -0.15) is 0 Å². The summed E-state index contributed by atoms with van der Waals surface area (Å²) in [6.45, 7) is 5.08. The number of benzene rings is 1. The molecule has 1 aromatic rings. The zero-order valence-electron chi connectivity index (χ0n) is 12.7. The van der Waals surface area contributed by atoms with Crippen LogP contribution in [-0.2, 0) is 0 Å². The lowest BCUT2D eigenvalue weighted by Crippen LogP contribution is -2.42. The summed E-state index contributed by atoms with van der Waals surface area (Å²) in [6, 6.07) is 5.54. The Hall–Kier alpha value is -1.42. The maximum absolute atomic E-state index is 10.6. The molecular weight excluding hydrogens is 252 g/mol. The number of nitrogen functional groups attached to an aromatic ring is 1. The van der Waals surface area contributed by atoms with Crippen LogP contribution in [0.2, 0.25) is 0 Å². The van der Waals surface area contributed by atoms with Crippen LogP contribution in [0.1, 0.15) is 39.5 Å². The van der Waals surface area contributed by atoms with Gasteiger partial charge in [0, 0.05) is 30.1 Å². The summed E-state index contributed by atoms with van der Waals surface area (Å²) in [7, 11) is 1.62. The number of ether oxygens (including phenoxy) is 1. The molecule has 4 N–H and O–H groups in total. The van der Waals surface area contributed by atoms with Crippen LogP contribution in [0.15, 0.2) is 18.2 Å². The SMILES string of the molecule is COc1cc(N)cc(NCC2(O)CCC(C)(C)CC2)c1. The van der Waals surface area contributed by atoms with Gasteiger partial charge in [0.2, 0.25) is 0 Å². The van der Waals surface area contributed by atoms with E-state index in [9.17, 15) is 5.11 Å². The Morgan fingerprint density at radius 2 is 1.85 bits per heavy atom. The van der Waals surface area contributed by atoms with Crippen LogP contribution in [0.5, 0.6) is 5.75 Å². The number of nitrogens with two attached hydrogens (primary N) is 1. The van der Waals surface area contributed by atoms with E-state index in [0.29, 0.717) is 17.6 Å². The maximum Gasteiger partial charge on any atom is 0.122 e. The first-order valence-electron chi connectivity index (χ1n) is 7.23. The van der Waals surface area contributed by atoms with Crippen molar-refractivity contribution in [3.63, 3.8) is 0 Å². The molecule has 4 nitrogen and oxygen atoms in total. The van der Waals surface area contributed by atoms with E-state index in [4.69, 9.17) is 10.5 Å². The van der Waals surface area contributed by atoms with Crippen molar-refractivity contribution < 1.29 is 9.84 Å². The summed E-state index contributed by atoms with van der Waals surface area (Å²) in [5.74, 6) is 0.726. The number of methoxy groups -OCH3 is 1. The van der Waals surface area contributed by atoms with Crippen molar-refractivity contribution in [1.29, 1.82) is 0 Å². The van der Waals surface area contributed by atoms with Gasteiger partial charge < -0.3 is 20.9 Å². The molecule has 1 fully saturated rings. The molecule has 0 aromatic heterocycles. The molecule has 1 saturated carbocycles. The third-order valence-corrected chi connectivity index (χ3v) is 4.32. The number of nitrogens with one attached hydrogen (secondary N) is 1. The van der Waals surface area contributed by atoms with Gasteiger partial charge in [0.1, 0.15) is 5.75 Å². The Balaban J connectivity index is 1.97. The summed E-state index contributed by atoms with van der Waals surface area (Å²) in [4.78, 5) is 0. The molecule has 1 aliphatic carbocycles. The van der Waals surface area contributed by atoms with E-state index in [2.05, 4.69) is 19.2 Å². The fraction of sp³-hybridized carbons (Fsp3) is 0.625. The lowest BCUT2D eigenvalue weighted by atomic mass is 9.71. The highest BCUT2D eigenvalue weighted by Gasteiger charge is 2.36. The normalized spacial score (nSPS) is 20.4. The van der Waals surface area contributed by atoms with Crippen molar-refractivity contribution >= 4 is 11.4 Å². The molecule has 2 rings (SSSR count). The van der Waals surface area contributed by atoms with E-state index in [0.717, 1.165) is 37.1 Å². The predicted molar refractivity (Wildman–Crippen MR) is 83.1 cm³/mol. The molecule has 0 amide bonds. The summed E-state index contributed by atoms with van der Waals surface area (Å²) in [5, 5.41) is 13.9. The lowest BCUT2D eigenvalue weighted by molar-refractivity contribution is -0.0145. The minimum Gasteiger partial charge on any atom is -0.497 e. The quantitative estimate of drug-likeness (QED) is 0.741. The molecule has 0 spiro atoms. The summed E-state index contributed by atoms with van der Waals surface area (Å²) in [5.41, 5.74) is 7.11. The zero-order valence-corrected chi connectivity index (χ0v) is 12.7. The van der Waals surface area contributed by atoms with E-state index in [1.165, 1.54) is 0 Å². The van der Waals surface area contributed by atoms with E-state index in [1.807, 2.05) is 12.1 Å². The van der Waals surface area contributed by atoms with Crippen molar-refractivity contribution in [3.05, 3.63) is 18.2 Å². The van der Waals surface area contributed by atoms with Crippen LogP contribution in [0.4, 0.5) is 11.4 Å². The Morgan fingerprint density at radius 3 is 2.45 bits per heavy atom. The van der Waals surface area contributed by atoms with Gasteiger partial charge in [0.25, 0.3) is 0 Å². The highest BCUT2D eigenvalue weighted by Crippen LogP contribution is 2.40. The first kappa shape index (κ1) is 15.0. The van der Waals surface area contributed by atoms with Crippen molar-refractivity contribution in [3.8, 4) is 5.75 Å². The van der Waals surface area contributed by atoms with Gasteiger partial charge in [-0.3, -0.25) is 0 Å². The van der Waals surface area contributed by atoms with Gasteiger partial charge >= 0.3 is 0 Å². The fourth-order valence-electron chi connectivity index (χ4n) is 2.68. The van der Waals surface area contributed by atoms with E-state index < -0.39 is 5.60 Å². The molecule has 20 heavy (non-hydrogen) atoms. The van der Waals surface area contributed by atoms with E-state index in [-0.39, 0.29) is 0 Å². The van der Waals surface area contributed by atoms with Gasteiger partial charge in [-0.05, 0) is 37.2 Å². The molecule has 0 unspecified atom stereocenters. The minimum atomic E-state index is -0.618. The molecule has 0 saturated heterocycles. The zero-order chi connectivity index (χ0) is 14.8. The van der Waals surface area contributed by atoms with Gasteiger partial charge in [-0.15, -0.1) is 0 Å². The van der Waals surface area contributed by atoms with Crippen LogP contribution in [0.25, 0.3) is 0 Å². The van der Waals surface area contributed by atoms with Crippen LogP contribution in [-0.4, -0.2) is 24.4 Å². The number of hydrogen-bond donors (Lipinski definition) is 3. The average Bonchev–Trinajstić information content (AvgIpc) is 2.40. The van der Waals surface area contributed by atoms with Crippen molar-refractivity contribution in [1.82, 2.24) is 0 Å². The monoisotopic (exact) mass is 278 g/mol. The third kappa shape index (κ3) is 3.79. The van der Waals surface area contributed by atoms with E-state index >= 15 is 0 Å². The van der Waals surface area contributed by atoms with Gasteiger partial charge in [0.05, 0.1) is 12.7 Å². The van der Waals surface area contributed by atoms with Crippen LogP contribution in [0, 0.1) is 5.41 Å². The molecular formula is C16H26N2O2. The number of hydrogen-bond acceptors (Lipinski definition) is 4. The minimum absolute atomic E-state index is 0.354. The first-order chi connectivity index (χ1) is 9.32. The lowest BCUT2D eigenvalue weighted by Gasteiger charge is -2.40. The maximum atomic E-state index is 10.6. The Labute approximate surface area is 121 Å². The highest BCUT2D eigenvalue weighted by atomic mass is 16.5. The second-order valence-electron chi connectivity index (χ2n) is 6.74. The van der Waals surface area contributed by atoms with Crippen molar-refractivity contribution in [2.24, 2.45) is 5.41 Å². The van der Waals surface area contributed by atoms with Crippen LogP contribution < -0.4 is 15.8 Å². The van der Waals surface area contributed by atoms with Gasteiger partial charge in [-0.25, -0.2) is 0 Å². The van der Waals surface area contributed by atoms with Gasteiger partial charge in [0.15, 0.2) is 0 Å². The molecule has 1 aromatic carbocycles. The summed E-state index contributed by atoms with van der Waals surface area (Å²) < 4.78 is 5.20. The molecule has 0 radical (unpaired) electrons. The third-order valence-electron chi connectivity index (χ3n) is 4.32. The standard InChI is InChI=1S/C16H26N2O2/c1-15(2)4-6-16(19,7-5-15)11-18-13-8-12(17)9-14(10-13)20-3/h8-10,18-19H,4-7,11,17H2,1-3H3. The molecule has 0 bridgehead atoms. The number of anilines is 2. The molecule has 0 heterocycles. The molecule has 4 heteroatoms. The van der Waals surface area contributed by atoms with Crippen LogP contribution >= 0.6 is 0 Å². The average molecular weight is 278 g/mol. The molecule has 0 atom stereocenters. The second-order valence-corrected chi connectivity index (χ2v) is 6.74. The summed E-state index contributed by atoms with van der Waals surface area (Å²) in [6.07, 6.45) is 3.80. The molecule has 1 aliphatic rings. The summed E-state index contributed by atoms with van der Waals surface area (Å²) >= 11 is 0. The largest absolute Gasteiger partial charge is 0.497 e. The van der Waals surface area contributed by atoms with Gasteiger partial charge in [-0.1, -0.05) is 13.8 Å². The van der Waals surface area contributed by atoms with Crippen molar-refractivity contribution in [2.45, 2.75) is 45.1 Å². The number of rotatable bonds is 4. The Bertz CT molecular complexity index is 462. The Kier molecular flexibility index (Phi) is 4.14. The fourth-order valence-corrected chi connectivity index (χ4v) is 2.68. The van der Waals surface area contributed by atoms with E-state index in [1.54, 1.807) is 13.2 Å². The Morgan fingerprint density at radius 1 is 1.20 bits per heavy atom. The molecule has 0 aliphatic heterocycles. The number of aliphatic hydroxyl groups is 1. The highest BCUT2D eigenvalue weighted by molar-refractivity contribution is 5.59.